The van der Waals surface area contributed by atoms with E-state index in [2.05, 4.69) is 0 Å². The molecule has 0 radical (unpaired) electrons. The highest BCUT2D eigenvalue weighted by Gasteiger charge is 2.38. The molecule has 1 N–H and O–H groups in total. The molecule has 0 heterocycles. The Bertz CT molecular complexity index is 810. The number of nitrogens with zero attached hydrogens (tertiary/aromatic N) is 1. The van der Waals surface area contributed by atoms with Crippen LogP contribution >= 0.6 is 0 Å². The lowest BCUT2D eigenvalue weighted by atomic mass is 9.98. The summed E-state index contributed by atoms with van der Waals surface area (Å²) in [6.45, 7) is -0.554. The highest BCUT2D eigenvalue weighted by atomic mass is 32.2. The van der Waals surface area contributed by atoms with E-state index < -0.39 is 39.2 Å². The number of halogens is 3. The van der Waals surface area contributed by atoms with Crippen LogP contribution in [0.4, 0.5) is 13.2 Å². The van der Waals surface area contributed by atoms with Crippen LogP contribution in [0.15, 0.2) is 23.1 Å². The lowest BCUT2D eigenvalue weighted by Gasteiger charge is -2.21. The maximum atomic E-state index is 13.1. The van der Waals surface area contributed by atoms with E-state index in [-0.39, 0.29) is 11.7 Å². The van der Waals surface area contributed by atoms with Gasteiger partial charge in [0.2, 0.25) is 0 Å². The summed E-state index contributed by atoms with van der Waals surface area (Å²) in [4.78, 5) is 10.7. The number of carbonyl (C=O) groups is 1. The van der Waals surface area contributed by atoms with Gasteiger partial charge in [-0.15, -0.1) is 0 Å². The minimum absolute atomic E-state index is 0.155. The van der Waals surface area contributed by atoms with E-state index in [1.807, 2.05) is 0 Å². The molecule has 10 heteroatoms. The van der Waals surface area contributed by atoms with Gasteiger partial charge in [0, 0.05) is 0 Å². The van der Waals surface area contributed by atoms with Gasteiger partial charge in [0.15, 0.2) is 0 Å². The fourth-order valence-electron chi connectivity index (χ4n) is 2.72. The molecule has 1 aliphatic rings. The molecule has 6 nitrogen and oxygen atoms in total. The molecule has 1 saturated carbocycles. The molecule has 0 atom stereocenters. The van der Waals surface area contributed by atoms with E-state index in [1.54, 1.807) is 4.72 Å². The van der Waals surface area contributed by atoms with Crippen LogP contribution in [0.1, 0.15) is 43.2 Å². The number of nitriles is 1. The zero-order chi connectivity index (χ0) is 19.4. The summed E-state index contributed by atoms with van der Waals surface area (Å²) in [6.07, 6.45) is -0.673. The average molecular weight is 390 g/mol. The molecule has 26 heavy (non-hydrogen) atoms. The first-order valence-electron chi connectivity index (χ1n) is 7.92. The van der Waals surface area contributed by atoms with Crippen molar-refractivity contribution in [2.45, 2.75) is 49.3 Å². The number of sulfonamides is 1. The quantitative estimate of drug-likeness (QED) is 0.834. The molecule has 1 aromatic rings. The predicted octanol–water partition coefficient (Wildman–Crippen LogP) is 2.73. The van der Waals surface area contributed by atoms with Crippen molar-refractivity contribution in [3.63, 3.8) is 0 Å². The van der Waals surface area contributed by atoms with Crippen LogP contribution in [-0.4, -0.2) is 27.0 Å². The Labute approximate surface area is 149 Å². The minimum Gasteiger partial charge on any atom is -0.368 e. The van der Waals surface area contributed by atoms with E-state index in [0.29, 0.717) is 12.1 Å². The third-order valence-electron chi connectivity index (χ3n) is 3.95. The van der Waals surface area contributed by atoms with Crippen molar-refractivity contribution in [3.05, 3.63) is 29.3 Å². The van der Waals surface area contributed by atoms with Gasteiger partial charge in [-0.2, -0.15) is 18.4 Å². The first-order valence-corrected chi connectivity index (χ1v) is 9.40. The smallest absolute Gasteiger partial charge is 0.368 e. The van der Waals surface area contributed by atoms with Gasteiger partial charge in [-0.1, -0.05) is 19.3 Å². The Morgan fingerprint density at radius 2 is 1.92 bits per heavy atom. The molecular formula is C16H17F3N2O4S. The van der Waals surface area contributed by atoms with Crippen LogP contribution in [0.25, 0.3) is 0 Å². The molecule has 142 valence electrons. The Hall–Kier alpha value is -2.12. The van der Waals surface area contributed by atoms with E-state index in [9.17, 15) is 26.4 Å². The van der Waals surface area contributed by atoms with Crippen molar-refractivity contribution in [1.29, 1.82) is 5.26 Å². The maximum absolute atomic E-state index is 13.1. The van der Waals surface area contributed by atoms with Crippen LogP contribution < -0.4 is 4.72 Å². The summed E-state index contributed by atoms with van der Waals surface area (Å²) in [5, 5.41) is 8.71. The lowest BCUT2D eigenvalue weighted by molar-refractivity contribution is -0.140. The second-order valence-electron chi connectivity index (χ2n) is 5.92. The van der Waals surface area contributed by atoms with Crippen molar-refractivity contribution in [3.8, 4) is 6.07 Å². The number of amides is 1. The topological polar surface area (TPSA) is 96.3 Å². The number of benzene rings is 1. The molecule has 1 aromatic carbocycles. The maximum Gasteiger partial charge on any atom is 0.417 e. The highest BCUT2D eigenvalue weighted by Crippen LogP contribution is 2.34. The van der Waals surface area contributed by atoms with Gasteiger partial charge in [0.1, 0.15) is 6.61 Å². The number of nitrogens with one attached hydrogen (secondary N) is 1. The van der Waals surface area contributed by atoms with Crippen molar-refractivity contribution in [1.82, 2.24) is 4.72 Å². The Kier molecular flexibility index (Phi) is 6.26. The third-order valence-corrected chi connectivity index (χ3v) is 5.39. The minimum atomic E-state index is -5.00. The molecular weight excluding hydrogens is 373 g/mol. The average Bonchev–Trinajstić information content (AvgIpc) is 2.59. The summed E-state index contributed by atoms with van der Waals surface area (Å²) >= 11 is 0. The lowest BCUT2D eigenvalue weighted by Crippen LogP contribution is -2.36. The second-order valence-corrected chi connectivity index (χ2v) is 7.57. The van der Waals surface area contributed by atoms with E-state index in [0.717, 1.165) is 38.2 Å². The van der Waals surface area contributed by atoms with Crippen LogP contribution in [0.3, 0.4) is 0 Å². The van der Waals surface area contributed by atoms with Gasteiger partial charge >= 0.3 is 6.18 Å². The number of hydrogen-bond donors (Lipinski definition) is 1. The largest absolute Gasteiger partial charge is 0.417 e. The number of rotatable bonds is 5. The molecule has 0 unspecified atom stereocenters. The zero-order valence-electron chi connectivity index (χ0n) is 13.7. The molecule has 0 aliphatic heterocycles. The predicted molar refractivity (Wildman–Crippen MR) is 84.3 cm³/mol. The van der Waals surface area contributed by atoms with Gasteiger partial charge in [0.05, 0.1) is 28.2 Å². The number of alkyl halides is 3. The van der Waals surface area contributed by atoms with Crippen molar-refractivity contribution in [2.75, 3.05) is 6.61 Å². The SMILES string of the molecule is N#Cc1ccc(S(=O)(=O)NC(=O)COC2CCCCC2)c(C(F)(F)F)c1. The normalized spacial score (nSPS) is 16.1. The van der Waals surface area contributed by atoms with Crippen LogP contribution in [0.2, 0.25) is 0 Å². The van der Waals surface area contributed by atoms with Gasteiger partial charge in [0.25, 0.3) is 15.9 Å². The van der Waals surface area contributed by atoms with Gasteiger partial charge < -0.3 is 4.74 Å². The Morgan fingerprint density at radius 1 is 1.27 bits per heavy atom. The summed E-state index contributed by atoms with van der Waals surface area (Å²) in [5.74, 6) is -1.05. The van der Waals surface area contributed by atoms with E-state index in [1.165, 1.54) is 6.07 Å². The Morgan fingerprint density at radius 3 is 2.50 bits per heavy atom. The first kappa shape index (κ1) is 20.2. The molecule has 0 bridgehead atoms. The number of hydrogen-bond acceptors (Lipinski definition) is 5. The van der Waals surface area contributed by atoms with E-state index >= 15 is 0 Å². The molecule has 0 aromatic heterocycles. The number of carbonyl (C=O) groups excluding carboxylic acids is 1. The van der Waals surface area contributed by atoms with Gasteiger partial charge in [-0.3, -0.25) is 4.79 Å². The summed E-state index contributed by atoms with van der Waals surface area (Å²) < 4.78 is 70.6. The van der Waals surface area contributed by atoms with E-state index in [4.69, 9.17) is 10.00 Å². The highest BCUT2D eigenvalue weighted by molar-refractivity contribution is 7.90. The molecule has 1 fully saturated rings. The fourth-order valence-corrected chi connectivity index (χ4v) is 3.90. The molecule has 0 spiro atoms. The van der Waals surface area contributed by atoms with Crippen LogP contribution in [-0.2, 0) is 25.7 Å². The van der Waals surface area contributed by atoms with Gasteiger partial charge in [-0.05, 0) is 31.0 Å². The summed E-state index contributed by atoms with van der Waals surface area (Å²) in [7, 11) is -4.76. The van der Waals surface area contributed by atoms with Crippen molar-refractivity contribution >= 4 is 15.9 Å². The number of ether oxygens (including phenoxy) is 1. The standard InChI is InChI=1S/C16H17F3N2O4S/c17-16(18,19)13-8-11(9-20)6-7-14(13)26(23,24)21-15(22)10-25-12-4-2-1-3-5-12/h6-8,12H,1-5,10H2,(H,21,22). The first-order chi connectivity index (χ1) is 12.1. The molecule has 1 aliphatic carbocycles. The van der Waals surface area contributed by atoms with Crippen LogP contribution in [0, 0.1) is 11.3 Å². The molecule has 2 rings (SSSR count). The fraction of sp³-hybridized carbons (Fsp3) is 0.500. The molecule has 0 saturated heterocycles. The van der Waals surface area contributed by atoms with Crippen LogP contribution in [0.5, 0.6) is 0 Å². The monoisotopic (exact) mass is 390 g/mol. The zero-order valence-corrected chi connectivity index (χ0v) is 14.5. The van der Waals surface area contributed by atoms with Crippen molar-refractivity contribution in [2.24, 2.45) is 0 Å². The Balaban J connectivity index is 2.14. The summed E-state index contributed by atoms with van der Waals surface area (Å²) in [6, 6.07) is 3.53. The van der Waals surface area contributed by atoms with Crippen molar-refractivity contribution < 1.29 is 31.1 Å². The second kappa shape index (κ2) is 8.05. The molecule has 1 amide bonds. The third kappa shape index (κ3) is 5.19. The summed E-state index contributed by atoms with van der Waals surface area (Å²) in [5.41, 5.74) is -1.85. The van der Waals surface area contributed by atoms with Gasteiger partial charge in [-0.25, -0.2) is 13.1 Å².